The summed E-state index contributed by atoms with van der Waals surface area (Å²) in [6.45, 7) is 4.71. The molecular weight excluding hydrogens is 532 g/mol. The Bertz CT molecular complexity index is 2200. The number of aromatic nitrogens is 1. The fourth-order valence-corrected chi connectivity index (χ4v) is 8.04. The van der Waals surface area contributed by atoms with Gasteiger partial charge in [-0.05, 0) is 38.8 Å². The zero-order valence-corrected chi connectivity index (χ0v) is 24.9. The van der Waals surface area contributed by atoms with Crippen molar-refractivity contribution in [1.82, 2.24) is 4.98 Å². The summed E-state index contributed by atoms with van der Waals surface area (Å²) in [5, 5.41) is 3.63. The Hall–Kier alpha value is -5.08. The molecule has 0 fully saturated rings. The molecule has 0 saturated heterocycles. The zero-order chi connectivity index (χ0) is 29.4. The Morgan fingerprint density at radius 1 is 0.636 bits per heavy atom. The van der Waals surface area contributed by atoms with Gasteiger partial charge in [0.25, 0.3) is 0 Å². The molecule has 0 radical (unpaired) electrons. The molecule has 2 heterocycles. The van der Waals surface area contributed by atoms with Gasteiger partial charge in [0.1, 0.15) is 0 Å². The van der Waals surface area contributed by atoms with Gasteiger partial charge in [-0.3, -0.25) is 4.99 Å². The summed E-state index contributed by atoms with van der Waals surface area (Å²) in [5.74, 6) is 0.536. The minimum atomic E-state index is -0.169. The van der Waals surface area contributed by atoms with Crippen LogP contribution >= 0.6 is 0 Å². The van der Waals surface area contributed by atoms with Crippen LogP contribution in [0.1, 0.15) is 42.0 Å². The van der Waals surface area contributed by atoms with E-state index in [2.05, 4.69) is 153 Å². The minimum absolute atomic E-state index is 0.169. The lowest BCUT2D eigenvalue weighted by molar-refractivity contribution is 0.583. The highest BCUT2D eigenvalue weighted by Crippen LogP contribution is 2.53. The van der Waals surface area contributed by atoms with Gasteiger partial charge in [-0.2, -0.15) is 0 Å². The molecule has 1 aromatic heterocycles. The quantitative estimate of drug-likeness (QED) is 0.196. The molecule has 9 rings (SSSR count). The molecule has 3 atom stereocenters. The Morgan fingerprint density at radius 3 is 2.25 bits per heavy atom. The minimum Gasteiger partial charge on any atom is -0.280 e. The van der Waals surface area contributed by atoms with Gasteiger partial charge in [0, 0.05) is 33.6 Å². The second-order valence-corrected chi connectivity index (χ2v) is 12.9. The van der Waals surface area contributed by atoms with E-state index < -0.39 is 0 Å². The molecule has 3 unspecified atom stereocenters. The van der Waals surface area contributed by atoms with Crippen LogP contribution in [0.15, 0.2) is 145 Å². The number of aliphatic imine (C=N–C) groups is 1. The maximum Gasteiger partial charge on any atom is 0.0794 e. The molecule has 1 aliphatic heterocycles. The van der Waals surface area contributed by atoms with Crippen LogP contribution in [-0.4, -0.2) is 16.7 Å². The van der Waals surface area contributed by atoms with E-state index in [0.29, 0.717) is 5.92 Å². The second kappa shape index (κ2) is 9.46. The van der Waals surface area contributed by atoms with Gasteiger partial charge in [-0.15, -0.1) is 0 Å². The van der Waals surface area contributed by atoms with Crippen molar-refractivity contribution >= 4 is 27.4 Å². The first-order chi connectivity index (χ1) is 21.6. The van der Waals surface area contributed by atoms with Crippen LogP contribution in [0.5, 0.6) is 0 Å². The number of fused-ring (bicyclic) bond motifs is 7. The van der Waals surface area contributed by atoms with Crippen molar-refractivity contribution < 1.29 is 0 Å². The zero-order valence-electron chi connectivity index (χ0n) is 24.9. The molecule has 0 N–H and O–H groups in total. The molecule has 2 nitrogen and oxygen atoms in total. The standard InChI is InChI=1S/C42H32N2/c1-42(2)34-18-10-8-16-31(34)41-38(42)36(33-25-24-26-12-6-7-15-30(26)40(33)44-41)27-20-22-28(23-21-27)37-32-17-9-11-19-35(32)43-39(37)29-13-4-3-5-14-29/h3-25,32,35,37H,1-2H3. The fourth-order valence-electron chi connectivity index (χ4n) is 8.04. The van der Waals surface area contributed by atoms with Crippen molar-refractivity contribution in [2.45, 2.75) is 31.2 Å². The summed E-state index contributed by atoms with van der Waals surface area (Å²) in [7, 11) is 0. The van der Waals surface area contributed by atoms with Gasteiger partial charge in [-0.1, -0.05) is 153 Å². The maximum atomic E-state index is 5.45. The van der Waals surface area contributed by atoms with Gasteiger partial charge < -0.3 is 0 Å². The molecule has 0 saturated carbocycles. The number of hydrogen-bond donors (Lipinski definition) is 0. The number of rotatable bonds is 3. The number of allylic oxidation sites excluding steroid dienone is 2. The first-order valence-corrected chi connectivity index (χ1v) is 15.6. The molecule has 0 amide bonds. The largest absolute Gasteiger partial charge is 0.280 e. The van der Waals surface area contributed by atoms with Gasteiger partial charge >= 0.3 is 0 Å². The topological polar surface area (TPSA) is 25.2 Å². The van der Waals surface area contributed by atoms with Gasteiger partial charge in [0.15, 0.2) is 0 Å². The third-order valence-corrected chi connectivity index (χ3v) is 10.1. The van der Waals surface area contributed by atoms with Crippen LogP contribution in [0.25, 0.3) is 44.1 Å². The Balaban J connectivity index is 1.25. The third kappa shape index (κ3) is 3.61. The van der Waals surface area contributed by atoms with E-state index in [1.807, 2.05) is 0 Å². The SMILES string of the molecule is CC1(C)c2ccccc2-c2nc3c(ccc4ccccc43)c(-c3ccc(C4C(c5ccccc5)=NC5C=CC=CC54)cc3)c21. The highest BCUT2D eigenvalue weighted by atomic mass is 14.9. The molecule has 0 spiro atoms. The molecule has 0 bridgehead atoms. The molecular formula is C42H32N2. The van der Waals surface area contributed by atoms with Gasteiger partial charge in [0.2, 0.25) is 0 Å². The maximum absolute atomic E-state index is 5.45. The second-order valence-electron chi connectivity index (χ2n) is 12.9. The highest BCUT2D eigenvalue weighted by Gasteiger charge is 2.41. The van der Waals surface area contributed by atoms with Crippen molar-refractivity contribution in [2.24, 2.45) is 10.9 Å². The fraction of sp³-hybridized carbons (Fsp3) is 0.143. The van der Waals surface area contributed by atoms with Crippen LogP contribution in [-0.2, 0) is 5.41 Å². The van der Waals surface area contributed by atoms with Crippen molar-refractivity contribution in [3.05, 3.63) is 162 Å². The summed E-state index contributed by atoms with van der Waals surface area (Å²) in [6, 6.07) is 42.3. The monoisotopic (exact) mass is 564 g/mol. The van der Waals surface area contributed by atoms with Crippen LogP contribution < -0.4 is 0 Å². The van der Waals surface area contributed by atoms with E-state index in [9.17, 15) is 0 Å². The molecule has 2 aliphatic carbocycles. The van der Waals surface area contributed by atoms with Crippen LogP contribution in [0.2, 0.25) is 0 Å². The van der Waals surface area contributed by atoms with Crippen molar-refractivity contribution in [3.63, 3.8) is 0 Å². The summed E-state index contributed by atoms with van der Waals surface area (Å²) in [6.07, 6.45) is 8.91. The molecule has 3 aliphatic rings. The molecule has 5 aromatic carbocycles. The average Bonchev–Trinajstić information content (AvgIpc) is 3.57. The summed E-state index contributed by atoms with van der Waals surface area (Å²) in [5.41, 5.74) is 12.2. The first kappa shape index (κ1) is 25.4. The van der Waals surface area contributed by atoms with Crippen LogP contribution in [0.4, 0.5) is 0 Å². The van der Waals surface area contributed by atoms with E-state index in [1.54, 1.807) is 0 Å². The highest BCUT2D eigenvalue weighted by molar-refractivity contribution is 6.13. The Kier molecular flexibility index (Phi) is 5.47. The summed E-state index contributed by atoms with van der Waals surface area (Å²) >= 11 is 0. The number of pyridine rings is 1. The Morgan fingerprint density at radius 2 is 1.39 bits per heavy atom. The predicted molar refractivity (Wildman–Crippen MR) is 184 cm³/mol. The molecule has 44 heavy (non-hydrogen) atoms. The number of hydrogen-bond acceptors (Lipinski definition) is 2. The average molecular weight is 565 g/mol. The lowest BCUT2D eigenvalue weighted by Gasteiger charge is -2.26. The van der Waals surface area contributed by atoms with E-state index in [1.165, 1.54) is 60.8 Å². The van der Waals surface area contributed by atoms with Crippen molar-refractivity contribution in [2.75, 3.05) is 0 Å². The van der Waals surface area contributed by atoms with Crippen LogP contribution in [0.3, 0.4) is 0 Å². The van der Waals surface area contributed by atoms with E-state index in [-0.39, 0.29) is 17.4 Å². The van der Waals surface area contributed by atoms with Gasteiger partial charge in [0.05, 0.1) is 23.0 Å². The third-order valence-electron chi connectivity index (χ3n) is 10.1. The predicted octanol–water partition coefficient (Wildman–Crippen LogP) is 10.1. The van der Waals surface area contributed by atoms with Gasteiger partial charge in [-0.25, -0.2) is 4.98 Å². The lowest BCUT2D eigenvalue weighted by atomic mass is 9.76. The smallest absolute Gasteiger partial charge is 0.0794 e. The Labute approximate surface area is 258 Å². The van der Waals surface area contributed by atoms with Crippen molar-refractivity contribution in [3.8, 4) is 22.4 Å². The van der Waals surface area contributed by atoms with E-state index in [4.69, 9.17) is 9.98 Å². The first-order valence-electron chi connectivity index (χ1n) is 15.6. The summed E-state index contributed by atoms with van der Waals surface area (Å²) in [4.78, 5) is 10.7. The molecule has 6 aromatic rings. The van der Waals surface area contributed by atoms with Crippen LogP contribution in [0, 0.1) is 5.92 Å². The van der Waals surface area contributed by atoms with E-state index in [0.717, 1.165) is 11.2 Å². The molecule has 210 valence electrons. The summed E-state index contributed by atoms with van der Waals surface area (Å²) < 4.78 is 0. The van der Waals surface area contributed by atoms with E-state index >= 15 is 0 Å². The van der Waals surface area contributed by atoms with Crippen molar-refractivity contribution in [1.29, 1.82) is 0 Å². The number of benzene rings is 5. The molecule has 2 heteroatoms. The normalized spacial score (nSPS) is 20.9. The number of nitrogens with zero attached hydrogens (tertiary/aromatic N) is 2. The lowest BCUT2D eigenvalue weighted by Crippen LogP contribution is -2.21.